The van der Waals surface area contributed by atoms with Crippen molar-refractivity contribution in [2.75, 3.05) is 11.9 Å². The molecule has 0 aliphatic heterocycles. The lowest BCUT2D eigenvalue weighted by atomic mass is 9.78. The van der Waals surface area contributed by atoms with Gasteiger partial charge in [0.25, 0.3) is 0 Å². The molecule has 116 valence electrons. The van der Waals surface area contributed by atoms with Crippen LogP contribution in [0, 0.1) is 17.7 Å². The Morgan fingerprint density at radius 1 is 1.38 bits per heavy atom. The number of hydrogen-bond donors (Lipinski definition) is 2. The van der Waals surface area contributed by atoms with Crippen LogP contribution in [0.2, 0.25) is 5.02 Å². The Morgan fingerprint density at radius 3 is 2.86 bits per heavy atom. The molecule has 3 unspecified atom stereocenters. The minimum Gasteiger partial charge on any atom is -0.324 e. The van der Waals surface area contributed by atoms with Gasteiger partial charge in [0.15, 0.2) is 0 Å². The van der Waals surface area contributed by atoms with Crippen molar-refractivity contribution in [3.8, 4) is 0 Å². The first-order chi connectivity index (χ1) is 9.97. The molecule has 5 heteroatoms. The number of carbonyl (C=O) groups is 1. The Kier molecular flexibility index (Phi) is 5.59. The van der Waals surface area contributed by atoms with Crippen molar-refractivity contribution in [2.45, 2.75) is 39.2 Å². The highest BCUT2D eigenvalue weighted by atomic mass is 35.5. The largest absolute Gasteiger partial charge is 0.324 e. The van der Waals surface area contributed by atoms with Gasteiger partial charge >= 0.3 is 0 Å². The van der Waals surface area contributed by atoms with Crippen molar-refractivity contribution in [3.63, 3.8) is 0 Å². The fourth-order valence-electron chi connectivity index (χ4n) is 2.88. The zero-order valence-corrected chi connectivity index (χ0v) is 13.2. The van der Waals surface area contributed by atoms with Crippen LogP contribution < -0.4 is 10.6 Å². The molecule has 21 heavy (non-hydrogen) atoms. The minimum absolute atomic E-state index is 0.158. The Balaban J connectivity index is 1.84. The smallest absolute Gasteiger partial charge is 0.238 e. The summed E-state index contributed by atoms with van der Waals surface area (Å²) in [4.78, 5) is 12.0. The molecule has 3 atom stereocenters. The molecule has 1 aliphatic rings. The molecule has 1 aliphatic carbocycles. The van der Waals surface area contributed by atoms with E-state index < -0.39 is 5.82 Å². The minimum atomic E-state index is -0.416. The molecule has 1 saturated carbocycles. The number of anilines is 1. The summed E-state index contributed by atoms with van der Waals surface area (Å²) in [6, 6.07) is 4.32. The topological polar surface area (TPSA) is 41.1 Å². The van der Waals surface area contributed by atoms with Gasteiger partial charge in [0.1, 0.15) is 5.82 Å². The van der Waals surface area contributed by atoms with Crippen molar-refractivity contribution in [1.29, 1.82) is 0 Å². The van der Waals surface area contributed by atoms with Crippen LogP contribution in [0.25, 0.3) is 0 Å². The maximum atomic E-state index is 12.9. The Bertz CT molecular complexity index is 509. The molecule has 1 aromatic rings. The van der Waals surface area contributed by atoms with Crippen LogP contribution in [0.1, 0.15) is 33.1 Å². The number of rotatable bonds is 4. The van der Waals surface area contributed by atoms with Gasteiger partial charge < -0.3 is 10.6 Å². The van der Waals surface area contributed by atoms with Crippen LogP contribution in [0.4, 0.5) is 10.1 Å². The molecule has 0 bridgehead atoms. The molecular formula is C16H22ClFN2O. The maximum absolute atomic E-state index is 12.9. The molecule has 0 aromatic heterocycles. The number of benzene rings is 1. The van der Waals surface area contributed by atoms with E-state index in [-0.39, 0.29) is 17.5 Å². The Hall–Kier alpha value is -1.13. The second-order valence-corrected chi connectivity index (χ2v) is 6.33. The van der Waals surface area contributed by atoms with E-state index in [1.54, 1.807) is 0 Å². The van der Waals surface area contributed by atoms with Gasteiger partial charge in [0.05, 0.1) is 17.3 Å². The van der Waals surface area contributed by atoms with Crippen LogP contribution in [0.3, 0.4) is 0 Å². The monoisotopic (exact) mass is 312 g/mol. The van der Waals surface area contributed by atoms with Gasteiger partial charge in [-0.3, -0.25) is 4.79 Å². The van der Waals surface area contributed by atoms with Gasteiger partial charge in [0, 0.05) is 6.04 Å². The summed E-state index contributed by atoms with van der Waals surface area (Å²) in [5.41, 5.74) is 0.440. The summed E-state index contributed by atoms with van der Waals surface area (Å²) < 4.78 is 12.9. The summed E-state index contributed by atoms with van der Waals surface area (Å²) >= 11 is 5.89. The zero-order valence-electron chi connectivity index (χ0n) is 12.5. The molecule has 1 fully saturated rings. The summed E-state index contributed by atoms with van der Waals surface area (Å²) in [6.45, 7) is 4.74. The van der Waals surface area contributed by atoms with Crippen molar-refractivity contribution >= 4 is 23.2 Å². The molecule has 0 radical (unpaired) electrons. The SMILES string of the molecule is CC1CCCC(NCC(=O)Nc2ccc(F)cc2Cl)C1C. The summed E-state index contributed by atoms with van der Waals surface area (Å²) in [7, 11) is 0. The van der Waals surface area contributed by atoms with Crippen LogP contribution in [-0.4, -0.2) is 18.5 Å². The number of hydrogen-bond acceptors (Lipinski definition) is 2. The quantitative estimate of drug-likeness (QED) is 0.887. The first kappa shape index (κ1) is 16.2. The number of nitrogens with one attached hydrogen (secondary N) is 2. The van der Waals surface area contributed by atoms with E-state index in [2.05, 4.69) is 24.5 Å². The normalized spacial score (nSPS) is 25.6. The molecule has 2 N–H and O–H groups in total. The average molecular weight is 313 g/mol. The van der Waals surface area contributed by atoms with Gasteiger partial charge in [-0.05, 0) is 36.5 Å². The van der Waals surface area contributed by atoms with E-state index in [1.165, 1.54) is 31.0 Å². The lowest BCUT2D eigenvalue weighted by molar-refractivity contribution is -0.115. The van der Waals surface area contributed by atoms with Gasteiger partial charge in [-0.25, -0.2) is 4.39 Å². The predicted molar refractivity (Wildman–Crippen MR) is 84.0 cm³/mol. The van der Waals surface area contributed by atoms with Crippen molar-refractivity contribution in [2.24, 2.45) is 11.8 Å². The van der Waals surface area contributed by atoms with Crippen molar-refractivity contribution in [3.05, 3.63) is 29.0 Å². The number of halogens is 2. The summed E-state index contributed by atoms with van der Waals surface area (Å²) in [6.07, 6.45) is 3.57. The highest BCUT2D eigenvalue weighted by Gasteiger charge is 2.26. The average Bonchev–Trinajstić information content (AvgIpc) is 2.43. The van der Waals surface area contributed by atoms with E-state index in [0.717, 1.165) is 6.42 Å². The Labute approximate surface area is 130 Å². The van der Waals surface area contributed by atoms with Crippen LogP contribution in [0.5, 0.6) is 0 Å². The molecular weight excluding hydrogens is 291 g/mol. The fourth-order valence-corrected chi connectivity index (χ4v) is 3.09. The number of amides is 1. The van der Waals surface area contributed by atoms with Gasteiger partial charge in [-0.2, -0.15) is 0 Å². The highest BCUT2D eigenvalue weighted by Crippen LogP contribution is 2.29. The lowest BCUT2D eigenvalue weighted by Crippen LogP contribution is -2.43. The molecule has 1 amide bonds. The van der Waals surface area contributed by atoms with E-state index in [1.807, 2.05) is 0 Å². The van der Waals surface area contributed by atoms with Gasteiger partial charge in [-0.15, -0.1) is 0 Å². The van der Waals surface area contributed by atoms with E-state index in [0.29, 0.717) is 23.6 Å². The molecule has 0 heterocycles. The highest BCUT2D eigenvalue weighted by molar-refractivity contribution is 6.33. The van der Waals surface area contributed by atoms with Crippen LogP contribution in [-0.2, 0) is 4.79 Å². The number of carbonyl (C=O) groups excluding carboxylic acids is 1. The van der Waals surface area contributed by atoms with Crippen molar-refractivity contribution < 1.29 is 9.18 Å². The third-order valence-corrected chi connectivity index (χ3v) is 4.75. The standard InChI is InChI=1S/C16H22ClFN2O/c1-10-4-3-5-14(11(10)2)19-9-16(21)20-15-7-6-12(18)8-13(15)17/h6-8,10-11,14,19H,3-5,9H2,1-2H3,(H,20,21). The second-order valence-electron chi connectivity index (χ2n) is 5.93. The maximum Gasteiger partial charge on any atom is 0.238 e. The predicted octanol–water partition coefficient (Wildman–Crippen LogP) is 3.83. The second kappa shape index (κ2) is 7.23. The Morgan fingerprint density at radius 2 is 2.14 bits per heavy atom. The summed E-state index contributed by atoms with van der Waals surface area (Å²) in [5, 5.41) is 6.24. The van der Waals surface area contributed by atoms with Gasteiger partial charge in [-0.1, -0.05) is 38.3 Å². The van der Waals surface area contributed by atoms with E-state index in [4.69, 9.17) is 11.6 Å². The molecule has 1 aromatic carbocycles. The molecule has 0 spiro atoms. The molecule has 3 nitrogen and oxygen atoms in total. The lowest BCUT2D eigenvalue weighted by Gasteiger charge is -2.34. The van der Waals surface area contributed by atoms with Gasteiger partial charge in [0.2, 0.25) is 5.91 Å². The fraction of sp³-hybridized carbons (Fsp3) is 0.562. The first-order valence-corrected chi connectivity index (χ1v) is 7.83. The first-order valence-electron chi connectivity index (χ1n) is 7.45. The third-order valence-electron chi connectivity index (χ3n) is 4.44. The summed E-state index contributed by atoms with van der Waals surface area (Å²) in [5.74, 6) is 0.682. The van der Waals surface area contributed by atoms with Crippen LogP contribution in [0.15, 0.2) is 18.2 Å². The van der Waals surface area contributed by atoms with Crippen LogP contribution >= 0.6 is 11.6 Å². The zero-order chi connectivity index (χ0) is 15.4. The molecule has 0 saturated heterocycles. The van der Waals surface area contributed by atoms with E-state index in [9.17, 15) is 9.18 Å². The van der Waals surface area contributed by atoms with Crippen molar-refractivity contribution in [1.82, 2.24) is 5.32 Å². The third kappa shape index (κ3) is 4.42. The molecule has 2 rings (SSSR count). The van der Waals surface area contributed by atoms with E-state index >= 15 is 0 Å².